The van der Waals surface area contributed by atoms with Gasteiger partial charge in [-0.3, -0.25) is 0 Å². The lowest BCUT2D eigenvalue weighted by atomic mass is 10.1. The van der Waals surface area contributed by atoms with E-state index in [0.717, 1.165) is 11.1 Å². The van der Waals surface area contributed by atoms with Crippen LogP contribution in [0.5, 0.6) is 5.75 Å². The average Bonchev–Trinajstić information content (AvgIpc) is 2.37. The highest BCUT2D eigenvalue weighted by Gasteiger charge is 2.10. The van der Waals surface area contributed by atoms with Gasteiger partial charge in [-0.15, -0.1) is 0 Å². The van der Waals surface area contributed by atoms with Crippen LogP contribution in [0.2, 0.25) is 10.0 Å². The van der Waals surface area contributed by atoms with E-state index < -0.39 is 0 Å². The van der Waals surface area contributed by atoms with Crippen LogP contribution in [0.25, 0.3) is 0 Å². The smallest absolute Gasteiger partial charge is 0.127 e. The van der Waals surface area contributed by atoms with E-state index in [1.54, 1.807) is 24.3 Å². The second kappa shape index (κ2) is 6.44. The van der Waals surface area contributed by atoms with Crippen molar-refractivity contribution in [3.8, 4) is 5.75 Å². The molecule has 20 heavy (non-hydrogen) atoms. The van der Waals surface area contributed by atoms with Gasteiger partial charge in [-0.2, -0.15) is 0 Å². The van der Waals surface area contributed by atoms with Crippen molar-refractivity contribution in [2.45, 2.75) is 19.6 Å². The summed E-state index contributed by atoms with van der Waals surface area (Å²) in [5.74, 6) is 0.0534. The molecule has 0 aromatic heterocycles. The van der Waals surface area contributed by atoms with Crippen molar-refractivity contribution in [3.05, 3.63) is 63.4 Å². The summed E-state index contributed by atoms with van der Waals surface area (Å²) in [5.41, 5.74) is 7.36. The van der Waals surface area contributed by atoms with Gasteiger partial charge in [-0.1, -0.05) is 35.3 Å². The molecule has 2 rings (SSSR count). The van der Waals surface area contributed by atoms with E-state index in [9.17, 15) is 4.39 Å². The van der Waals surface area contributed by atoms with Gasteiger partial charge in [0.25, 0.3) is 0 Å². The number of benzene rings is 2. The third-order valence-electron chi connectivity index (χ3n) is 2.86. The molecule has 0 spiro atoms. The second-order valence-corrected chi connectivity index (χ2v) is 5.34. The minimum absolute atomic E-state index is 0.221. The van der Waals surface area contributed by atoms with Crippen molar-refractivity contribution in [2.24, 2.45) is 5.73 Å². The number of ether oxygens (including phenoxy) is 1. The molecule has 0 aliphatic rings. The Bertz CT molecular complexity index is 617. The minimum atomic E-state index is -0.369. The van der Waals surface area contributed by atoms with Crippen LogP contribution in [-0.2, 0) is 6.61 Å². The van der Waals surface area contributed by atoms with Gasteiger partial charge in [0.1, 0.15) is 18.2 Å². The summed E-state index contributed by atoms with van der Waals surface area (Å²) in [6.07, 6.45) is 0. The second-order valence-electron chi connectivity index (χ2n) is 4.50. The first kappa shape index (κ1) is 15.1. The fourth-order valence-corrected chi connectivity index (χ4v) is 2.27. The topological polar surface area (TPSA) is 35.2 Å². The minimum Gasteiger partial charge on any atom is -0.488 e. The maximum atomic E-state index is 13.3. The SMILES string of the molecule is CC(N)c1ccc(F)cc1OCc1ccc(Cl)cc1Cl. The molecule has 0 saturated heterocycles. The largest absolute Gasteiger partial charge is 0.488 e. The van der Waals surface area contributed by atoms with Gasteiger partial charge in [-0.25, -0.2) is 4.39 Å². The van der Waals surface area contributed by atoms with E-state index in [1.165, 1.54) is 12.1 Å². The molecule has 1 atom stereocenters. The first-order valence-electron chi connectivity index (χ1n) is 6.09. The zero-order valence-corrected chi connectivity index (χ0v) is 12.4. The summed E-state index contributed by atoms with van der Waals surface area (Å²) in [6.45, 7) is 2.04. The van der Waals surface area contributed by atoms with Crippen molar-refractivity contribution in [1.29, 1.82) is 0 Å². The average molecular weight is 314 g/mol. The predicted octanol–water partition coefficient (Wildman–Crippen LogP) is 4.73. The van der Waals surface area contributed by atoms with E-state index in [1.807, 2.05) is 6.92 Å². The number of rotatable bonds is 4. The van der Waals surface area contributed by atoms with E-state index in [-0.39, 0.29) is 18.5 Å². The van der Waals surface area contributed by atoms with Crippen LogP contribution in [0.4, 0.5) is 4.39 Å². The van der Waals surface area contributed by atoms with Crippen LogP contribution in [0.1, 0.15) is 24.1 Å². The van der Waals surface area contributed by atoms with Crippen LogP contribution >= 0.6 is 23.2 Å². The molecule has 0 bridgehead atoms. The van der Waals surface area contributed by atoms with Gasteiger partial charge < -0.3 is 10.5 Å². The lowest BCUT2D eigenvalue weighted by Gasteiger charge is -2.14. The van der Waals surface area contributed by atoms with Crippen molar-refractivity contribution >= 4 is 23.2 Å². The number of hydrogen-bond acceptors (Lipinski definition) is 2. The van der Waals surface area contributed by atoms with Gasteiger partial charge in [-0.05, 0) is 25.1 Å². The van der Waals surface area contributed by atoms with E-state index in [2.05, 4.69) is 0 Å². The molecular weight excluding hydrogens is 300 g/mol. The first-order valence-corrected chi connectivity index (χ1v) is 6.84. The van der Waals surface area contributed by atoms with Gasteiger partial charge in [0, 0.05) is 33.3 Å². The maximum Gasteiger partial charge on any atom is 0.127 e. The maximum absolute atomic E-state index is 13.3. The van der Waals surface area contributed by atoms with Crippen LogP contribution in [0.15, 0.2) is 36.4 Å². The molecule has 0 aliphatic carbocycles. The first-order chi connectivity index (χ1) is 9.47. The van der Waals surface area contributed by atoms with Crippen LogP contribution in [0, 0.1) is 5.82 Å². The molecule has 2 aromatic rings. The summed E-state index contributed by atoms with van der Waals surface area (Å²) in [5, 5.41) is 1.07. The Kier molecular flexibility index (Phi) is 4.86. The zero-order valence-electron chi connectivity index (χ0n) is 10.9. The fraction of sp³-hybridized carbons (Fsp3) is 0.200. The van der Waals surface area contributed by atoms with Gasteiger partial charge >= 0.3 is 0 Å². The molecular formula is C15H14Cl2FNO. The highest BCUT2D eigenvalue weighted by Crippen LogP contribution is 2.27. The molecule has 5 heteroatoms. The standard InChI is InChI=1S/C15H14Cl2FNO/c1-9(19)13-5-4-12(18)7-15(13)20-8-10-2-3-11(16)6-14(10)17/h2-7,9H,8,19H2,1H3. The molecule has 0 radical (unpaired) electrons. The molecule has 0 aliphatic heterocycles. The van der Waals surface area contributed by atoms with Crippen LogP contribution in [0.3, 0.4) is 0 Å². The third kappa shape index (κ3) is 3.63. The summed E-state index contributed by atoms with van der Waals surface area (Å²) in [4.78, 5) is 0. The molecule has 2 N–H and O–H groups in total. The molecule has 2 nitrogen and oxygen atoms in total. The van der Waals surface area contributed by atoms with Crippen molar-refractivity contribution in [3.63, 3.8) is 0 Å². The van der Waals surface area contributed by atoms with Gasteiger partial charge in [0.2, 0.25) is 0 Å². The predicted molar refractivity (Wildman–Crippen MR) is 79.8 cm³/mol. The Morgan fingerprint density at radius 3 is 2.60 bits per heavy atom. The van der Waals surface area contributed by atoms with E-state index >= 15 is 0 Å². The Morgan fingerprint density at radius 1 is 1.20 bits per heavy atom. The van der Waals surface area contributed by atoms with Gasteiger partial charge in [0.15, 0.2) is 0 Å². The Morgan fingerprint density at radius 2 is 1.95 bits per heavy atom. The summed E-state index contributed by atoms with van der Waals surface area (Å²) in [7, 11) is 0. The quantitative estimate of drug-likeness (QED) is 0.885. The van der Waals surface area contributed by atoms with Crippen LogP contribution < -0.4 is 10.5 Å². The Labute approximate surface area is 127 Å². The van der Waals surface area contributed by atoms with Crippen molar-refractivity contribution in [2.75, 3.05) is 0 Å². The Hall–Kier alpha value is -1.29. The highest BCUT2D eigenvalue weighted by molar-refractivity contribution is 6.35. The highest BCUT2D eigenvalue weighted by atomic mass is 35.5. The number of halogens is 3. The summed E-state index contributed by atoms with van der Waals surface area (Å²) in [6, 6.07) is 9.20. The normalized spacial score (nSPS) is 12.2. The lowest BCUT2D eigenvalue weighted by Crippen LogP contribution is -2.08. The van der Waals surface area contributed by atoms with E-state index in [4.69, 9.17) is 33.7 Å². The number of nitrogens with two attached hydrogens (primary N) is 1. The zero-order chi connectivity index (χ0) is 14.7. The third-order valence-corrected chi connectivity index (χ3v) is 3.45. The molecule has 0 saturated carbocycles. The Balaban J connectivity index is 2.20. The molecule has 2 aromatic carbocycles. The number of hydrogen-bond donors (Lipinski definition) is 1. The summed E-state index contributed by atoms with van der Waals surface area (Å²) >= 11 is 11.9. The van der Waals surface area contributed by atoms with E-state index in [0.29, 0.717) is 15.8 Å². The molecule has 1 unspecified atom stereocenters. The monoisotopic (exact) mass is 313 g/mol. The molecule has 0 amide bonds. The van der Waals surface area contributed by atoms with Crippen molar-refractivity contribution in [1.82, 2.24) is 0 Å². The molecule has 106 valence electrons. The van der Waals surface area contributed by atoms with Crippen LogP contribution in [-0.4, -0.2) is 0 Å². The molecule has 0 heterocycles. The summed E-state index contributed by atoms with van der Waals surface area (Å²) < 4.78 is 18.9. The van der Waals surface area contributed by atoms with Crippen molar-refractivity contribution < 1.29 is 9.13 Å². The lowest BCUT2D eigenvalue weighted by molar-refractivity contribution is 0.300. The molecule has 0 fully saturated rings. The van der Waals surface area contributed by atoms with Gasteiger partial charge in [0.05, 0.1) is 0 Å². The fourth-order valence-electron chi connectivity index (χ4n) is 1.80.